The molecule has 0 aliphatic heterocycles. The lowest BCUT2D eigenvalue weighted by Crippen LogP contribution is -2.10. The maximum Gasteiger partial charge on any atom is 0.159 e. The van der Waals surface area contributed by atoms with Crippen molar-refractivity contribution in [2.75, 3.05) is 19.0 Å². The van der Waals surface area contributed by atoms with E-state index < -0.39 is 0 Å². The number of nitrogens with zero attached hydrogens (tertiary/aromatic N) is 4. The quantitative estimate of drug-likeness (QED) is 0.918. The Morgan fingerprint density at radius 1 is 1.35 bits per heavy atom. The van der Waals surface area contributed by atoms with Crippen LogP contribution < -0.4 is 5.32 Å². The third-order valence-corrected chi connectivity index (χ3v) is 3.36. The first kappa shape index (κ1) is 14.7. The number of nitrogens with one attached hydrogen (secondary N) is 1. The largest absolute Gasteiger partial charge is 0.377 e. The molecule has 0 fully saturated rings. The number of aromatic nitrogens is 4. The van der Waals surface area contributed by atoms with E-state index in [4.69, 9.17) is 16.3 Å². The van der Waals surface area contributed by atoms with E-state index in [1.54, 1.807) is 11.8 Å². The monoisotopic (exact) mass is 295 g/mol. The lowest BCUT2D eigenvalue weighted by Gasteiger charge is -2.09. The van der Waals surface area contributed by atoms with E-state index in [0.717, 1.165) is 23.8 Å². The first-order valence-corrected chi connectivity index (χ1v) is 6.77. The lowest BCUT2D eigenvalue weighted by molar-refractivity contribution is 0.178. The second-order valence-electron chi connectivity index (χ2n) is 4.39. The zero-order valence-corrected chi connectivity index (χ0v) is 12.8. The van der Waals surface area contributed by atoms with Crippen molar-refractivity contribution < 1.29 is 4.74 Å². The first-order valence-electron chi connectivity index (χ1n) is 6.39. The Balaban J connectivity index is 2.51. The van der Waals surface area contributed by atoms with Gasteiger partial charge in [0.05, 0.1) is 16.4 Å². The summed E-state index contributed by atoms with van der Waals surface area (Å²) < 4.78 is 6.82. The average molecular weight is 296 g/mol. The Morgan fingerprint density at radius 2 is 2.10 bits per heavy atom. The Bertz CT molecular complexity index is 587. The SMILES string of the molecule is CCNc1cc(-n2nc(C)c(Cl)c2C)nc(COC)n1. The van der Waals surface area contributed by atoms with Crippen molar-refractivity contribution in [2.24, 2.45) is 0 Å². The molecule has 0 amide bonds. The summed E-state index contributed by atoms with van der Waals surface area (Å²) in [5.41, 5.74) is 1.63. The van der Waals surface area contributed by atoms with Gasteiger partial charge in [0.15, 0.2) is 11.6 Å². The standard InChI is InChI=1S/C13H18ClN5O/c1-5-15-10-6-12(17-11(16-10)7-20-4)19-9(3)13(14)8(2)18-19/h6H,5,7H2,1-4H3,(H,15,16,17). The van der Waals surface area contributed by atoms with Crippen molar-refractivity contribution in [3.8, 4) is 5.82 Å². The second kappa shape index (κ2) is 6.19. The van der Waals surface area contributed by atoms with Crippen molar-refractivity contribution in [1.82, 2.24) is 19.7 Å². The van der Waals surface area contributed by atoms with Crippen LogP contribution >= 0.6 is 11.6 Å². The van der Waals surface area contributed by atoms with Gasteiger partial charge in [-0.2, -0.15) is 5.10 Å². The predicted octanol–water partition coefficient (Wildman–Crippen LogP) is 2.51. The molecule has 0 saturated heterocycles. The van der Waals surface area contributed by atoms with E-state index in [1.165, 1.54) is 0 Å². The van der Waals surface area contributed by atoms with Crippen molar-refractivity contribution in [2.45, 2.75) is 27.4 Å². The summed E-state index contributed by atoms with van der Waals surface area (Å²) in [4.78, 5) is 8.83. The van der Waals surface area contributed by atoms with Crippen LogP contribution in [0, 0.1) is 13.8 Å². The molecule has 20 heavy (non-hydrogen) atoms. The van der Waals surface area contributed by atoms with Gasteiger partial charge in [0.25, 0.3) is 0 Å². The molecule has 2 rings (SSSR count). The van der Waals surface area contributed by atoms with E-state index in [1.807, 2.05) is 26.8 Å². The molecular weight excluding hydrogens is 278 g/mol. The third kappa shape index (κ3) is 2.91. The Kier molecular flexibility index (Phi) is 4.57. The molecule has 0 radical (unpaired) electrons. The van der Waals surface area contributed by atoms with Crippen LogP contribution in [0.4, 0.5) is 5.82 Å². The zero-order chi connectivity index (χ0) is 14.7. The molecule has 108 valence electrons. The van der Waals surface area contributed by atoms with Gasteiger partial charge in [-0.05, 0) is 20.8 Å². The van der Waals surface area contributed by atoms with E-state index in [0.29, 0.717) is 23.3 Å². The number of anilines is 1. The Hall–Kier alpha value is -1.66. The smallest absolute Gasteiger partial charge is 0.159 e. The first-order chi connectivity index (χ1) is 9.56. The van der Waals surface area contributed by atoms with Crippen molar-refractivity contribution in [3.63, 3.8) is 0 Å². The van der Waals surface area contributed by atoms with Crippen molar-refractivity contribution in [3.05, 3.63) is 28.3 Å². The van der Waals surface area contributed by atoms with Crippen molar-refractivity contribution >= 4 is 17.4 Å². The van der Waals surface area contributed by atoms with Crippen molar-refractivity contribution in [1.29, 1.82) is 0 Å². The Morgan fingerprint density at radius 3 is 2.65 bits per heavy atom. The minimum atomic E-state index is 0.346. The minimum Gasteiger partial charge on any atom is -0.377 e. The predicted molar refractivity (Wildman–Crippen MR) is 78.5 cm³/mol. The minimum absolute atomic E-state index is 0.346. The van der Waals surface area contributed by atoms with Crippen LogP contribution in [0.1, 0.15) is 24.1 Å². The number of aryl methyl sites for hydroxylation is 1. The molecule has 0 unspecified atom stereocenters. The van der Waals surface area contributed by atoms with Crippen LogP contribution in [0.3, 0.4) is 0 Å². The van der Waals surface area contributed by atoms with E-state index in [9.17, 15) is 0 Å². The number of methoxy groups -OCH3 is 1. The van der Waals surface area contributed by atoms with E-state index in [2.05, 4.69) is 20.4 Å². The highest BCUT2D eigenvalue weighted by Crippen LogP contribution is 2.22. The van der Waals surface area contributed by atoms with Crippen LogP contribution in [-0.4, -0.2) is 33.4 Å². The number of halogens is 1. The fourth-order valence-electron chi connectivity index (χ4n) is 1.90. The van der Waals surface area contributed by atoms with Crippen LogP contribution in [0.2, 0.25) is 5.02 Å². The molecule has 0 atom stereocenters. The van der Waals surface area contributed by atoms with Gasteiger partial charge < -0.3 is 10.1 Å². The maximum atomic E-state index is 6.18. The number of hydrogen-bond donors (Lipinski definition) is 1. The van der Waals surface area contributed by atoms with Crippen LogP contribution in [0.15, 0.2) is 6.07 Å². The molecule has 0 aliphatic rings. The molecule has 0 aromatic carbocycles. The van der Waals surface area contributed by atoms with E-state index >= 15 is 0 Å². The average Bonchev–Trinajstić information content (AvgIpc) is 2.67. The number of hydrogen-bond acceptors (Lipinski definition) is 5. The van der Waals surface area contributed by atoms with Gasteiger partial charge in [-0.15, -0.1) is 0 Å². The van der Waals surface area contributed by atoms with Crippen LogP contribution in [0.5, 0.6) is 0 Å². The summed E-state index contributed by atoms with van der Waals surface area (Å²) in [5, 5.41) is 8.24. The molecule has 0 bridgehead atoms. The summed E-state index contributed by atoms with van der Waals surface area (Å²) in [6, 6.07) is 1.85. The van der Waals surface area contributed by atoms with Gasteiger partial charge in [0.2, 0.25) is 0 Å². The van der Waals surface area contributed by atoms with Crippen LogP contribution in [-0.2, 0) is 11.3 Å². The van der Waals surface area contributed by atoms with E-state index in [-0.39, 0.29) is 0 Å². The summed E-state index contributed by atoms with van der Waals surface area (Å²) in [6.45, 7) is 6.92. The topological polar surface area (TPSA) is 64.9 Å². The summed E-state index contributed by atoms with van der Waals surface area (Å²) >= 11 is 6.18. The highest BCUT2D eigenvalue weighted by Gasteiger charge is 2.13. The maximum absolute atomic E-state index is 6.18. The zero-order valence-electron chi connectivity index (χ0n) is 12.1. The third-order valence-electron chi connectivity index (χ3n) is 2.81. The highest BCUT2D eigenvalue weighted by molar-refractivity contribution is 6.31. The molecule has 0 saturated carbocycles. The summed E-state index contributed by atoms with van der Waals surface area (Å²) in [6.07, 6.45) is 0. The highest BCUT2D eigenvalue weighted by atomic mass is 35.5. The molecule has 0 spiro atoms. The second-order valence-corrected chi connectivity index (χ2v) is 4.77. The fourth-order valence-corrected chi connectivity index (χ4v) is 2.02. The molecule has 2 aromatic rings. The number of ether oxygens (including phenoxy) is 1. The lowest BCUT2D eigenvalue weighted by atomic mass is 10.4. The molecule has 2 heterocycles. The fraction of sp³-hybridized carbons (Fsp3) is 0.462. The molecular formula is C13H18ClN5O. The van der Waals surface area contributed by atoms with Crippen LogP contribution in [0.25, 0.3) is 5.82 Å². The molecule has 6 nitrogen and oxygen atoms in total. The molecule has 7 heteroatoms. The summed E-state index contributed by atoms with van der Waals surface area (Å²) in [7, 11) is 1.61. The molecule has 1 N–H and O–H groups in total. The van der Waals surface area contributed by atoms with Gasteiger partial charge in [-0.3, -0.25) is 0 Å². The molecule has 2 aromatic heterocycles. The van der Waals surface area contributed by atoms with Gasteiger partial charge in [0.1, 0.15) is 12.4 Å². The Labute approximate surface area is 123 Å². The normalized spacial score (nSPS) is 10.8. The number of rotatable bonds is 5. The molecule has 0 aliphatic carbocycles. The summed E-state index contributed by atoms with van der Waals surface area (Å²) in [5.74, 6) is 2.02. The van der Waals surface area contributed by atoms with Gasteiger partial charge in [-0.25, -0.2) is 14.6 Å². The van der Waals surface area contributed by atoms with Gasteiger partial charge in [0, 0.05) is 19.7 Å². The van der Waals surface area contributed by atoms with Gasteiger partial charge >= 0.3 is 0 Å². The van der Waals surface area contributed by atoms with Gasteiger partial charge in [-0.1, -0.05) is 11.6 Å².